The van der Waals surface area contributed by atoms with Gasteiger partial charge in [0.05, 0.1) is 5.92 Å². The Hall–Kier alpha value is -2.82. The van der Waals surface area contributed by atoms with Crippen molar-refractivity contribution in [2.75, 3.05) is 42.5 Å². The molecule has 28 heavy (non-hydrogen) atoms. The molecule has 1 atom stereocenters. The Morgan fingerprint density at radius 2 is 1.61 bits per heavy atom. The van der Waals surface area contributed by atoms with Gasteiger partial charge in [-0.25, -0.2) is 0 Å². The van der Waals surface area contributed by atoms with Gasteiger partial charge >= 0.3 is 0 Å². The van der Waals surface area contributed by atoms with Gasteiger partial charge in [-0.1, -0.05) is 35.9 Å². The Morgan fingerprint density at radius 3 is 2.29 bits per heavy atom. The van der Waals surface area contributed by atoms with Gasteiger partial charge in [0.15, 0.2) is 0 Å². The maximum absolute atomic E-state index is 13.0. The Labute approximate surface area is 166 Å². The second-order valence-corrected chi connectivity index (χ2v) is 7.84. The number of benzene rings is 2. The normalized spacial score (nSPS) is 20.0. The highest BCUT2D eigenvalue weighted by Gasteiger charge is 2.37. The summed E-state index contributed by atoms with van der Waals surface area (Å²) in [6.45, 7) is 7.72. The van der Waals surface area contributed by atoms with Crippen molar-refractivity contribution in [3.63, 3.8) is 0 Å². The molecule has 0 aliphatic carbocycles. The first-order valence-electron chi connectivity index (χ1n) is 9.99. The summed E-state index contributed by atoms with van der Waals surface area (Å²) in [5.74, 6) is -0.0769. The van der Waals surface area contributed by atoms with Crippen LogP contribution in [0.2, 0.25) is 0 Å². The van der Waals surface area contributed by atoms with Gasteiger partial charge < -0.3 is 14.7 Å². The number of amides is 2. The van der Waals surface area contributed by atoms with Crippen molar-refractivity contribution in [3.05, 3.63) is 59.7 Å². The summed E-state index contributed by atoms with van der Waals surface area (Å²) in [5.41, 5.74) is 4.55. The molecule has 2 heterocycles. The summed E-state index contributed by atoms with van der Waals surface area (Å²) < 4.78 is 0. The first-order valence-corrected chi connectivity index (χ1v) is 9.99. The Morgan fingerprint density at radius 1 is 0.929 bits per heavy atom. The highest BCUT2D eigenvalue weighted by molar-refractivity contribution is 6.00. The molecule has 146 valence electrons. The van der Waals surface area contributed by atoms with Crippen LogP contribution in [0.25, 0.3) is 0 Å². The van der Waals surface area contributed by atoms with Crippen LogP contribution in [-0.4, -0.2) is 49.4 Å². The third kappa shape index (κ3) is 3.61. The molecule has 0 N–H and O–H groups in total. The van der Waals surface area contributed by atoms with Crippen LogP contribution in [0.3, 0.4) is 0 Å². The lowest BCUT2D eigenvalue weighted by molar-refractivity contribution is -0.136. The minimum Gasteiger partial charge on any atom is -0.368 e. The molecule has 2 aromatic carbocycles. The summed E-state index contributed by atoms with van der Waals surface area (Å²) in [6.07, 6.45) is 0.310. The second-order valence-electron chi connectivity index (χ2n) is 7.84. The molecule has 2 aliphatic heterocycles. The molecule has 0 radical (unpaired) electrons. The van der Waals surface area contributed by atoms with E-state index in [2.05, 4.69) is 36.1 Å². The molecule has 5 heteroatoms. The fourth-order valence-electron chi connectivity index (χ4n) is 4.19. The van der Waals surface area contributed by atoms with Crippen LogP contribution in [0.1, 0.15) is 17.5 Å². The van der Waals surface area contributed by atoms with Gasteiger partial charge in [0, 0.05) is 50.5 Å². The molecule has 0 saturated carbocycles. The third-order valence-corrected chi connectivity index (χ3v) is 5.87. The number of hydrogen-bond acceptors (Lipinski definition) is 3. The monoisotopic (exact) mass is 377 g/mol. The molecular formula is C23H27N3O2. The number of para-hydroxylation sites is 1. The molecule has 2 aromatic rings. The molecule has 0 bridgehead atoms. The van der Waals surface area contributed by atoms with E-state index >= 15 is 0 Å². The van der Waals surface area contributed by atoms with Crippen LogP contribution in [0.5, 0.6) is 0 Å². The van der Waals surface area contributed by atoms with Gasteiger partial charge in [-0.3, -0.25) is 9.59 Å². The second kappa shape index (κ2) is 7.66. The number of piperazine rings is 1. The van der Waals surface area contributed by atoms with Crippen molar-refractivity contribution in [2.45, 2.75) is 20.3 Å². The fraction of sp³-hybridized carbons (Fsp3) is 0.391. The van der Waals surface area contributed by atoms with Gasteiger partial charge in [0.1, 0.15) is 0 Å². The zero-order valence-corrected chi connectivity index (χ0v) is 16.6. The molecule has 4 rings (SSSR count). The van der Waals surface area contributed by atoms with Gasteiger partial charge in [0.25, 0.3) is 0 Å². The standard InChI is InChI=1S/C23H27N3O2/c1-17-7-9-20(10-8-17)26-16-19(15-22(26)27)23(28)25-13-11-24(12-14-25)21-6-4-3-5-18(21)2/h3-10,19H,11-16H2,1-2H3/t19-/m0/s1. The van der Waals surface area contributed by atoms with Crippen LogP contribution in [0, 0.1) is 19.8 Å². The van der Waals surface area contributed by atoms with Crippen LogP contribution < -0.4 is 9.80 Å². The summed E-state index contributed by atoms with van der Waals surface area (Å²) in [7, 11) is 0. The number of rotatable bonds is 3. The highest BCUT2D eigenvalue weighted by Crippen LogP contribution is 2.27. The number of carbonyl (C=O) groups excluding carboxylic acids is 2. The van der Waals surface area contributed by atoms with Crippen molar-refractivity contribution in [3.8, 4) is 0 Å². The molecule has 0 aromatic heterocycles. The lowest BCUT2D eigenvalue weighted by Gasteiger charge is -2.37. The van der Waals surface area contributed by atoms with E-state index in [0.29, 0.717) is 26.1 Å². The predicted octanol–water partition coefficient (Wildman–Crippen LogP) is 3.01. The van der Waals surface area contributed by atoms with Gasteiger partial charge in [-0.2, -0.15) is 0 Å². The van der Waals surface area contributed by atoms with E-state index in [1.807, 2.05) is 36.1 Å². The largest absolute Gasteiger partial charge is 0.368 e. The van der Waals surface area contributed by atoms with Crippen molar-refractivity contribution < 1.29 is 9.59 Å². The Kier molecular flexibility index (Phi) is 5.07. The summed E-state index contributed by atoms with van der Waals surface area (Å²) >= 11 is 0. The van der Waals surface area contributed by atoms with Crippen LogP contribution in [-0.2, 0) is 9.59 Å². The first-order chi connectivity index (χ1) is 13.5. The quantitative estimate of drug-likeness (QED) is 0.826. The van der Waals surface area contributed by atoms with E-state index in [9.17, 15) is 9.59 Å². The maximum Gasteiger partial charge on any atom is 0.228 e. The molecule has 2 saturated heterocycles. The first kappa shape index (κ1) is 18.5. The minimum atomic E-state index is -0.237. The minimum absolute atomic E-state index is 0.0424. The lowest BCUT2D eigenvalue weighted by atomic mass is 10.1. The molecule has 2 amide bonds. The number of hydrogen-bond donors (Lipinski definition) is 0. The summed E-state index contributed by atoms with van der Waals surface area (Å²) in [4.78, 5) is 31.5. The van der Waals surface area contributed by atoms with Crippen molar-refractivity contribution in [1.29, 1.82) is 0 Å². The van der Waals surface area contributed by atoms with E-state index in [0.717, 1.165) is 24.3 Å². The predicted molar refractivity (Wildman–Crippen MR) is 112 cm³/mol. The Balaban J connectivity index is 1.37. The lowest BCUT2D eigenvalue weighted by Crippen LogP contribution is -2.50. The summed E-state index contributed by atoms with van der Waals surface area (Å²) in [6, 6.07) is 16.3. The SMILES string of the molecule is Cc1ccc(N2C[C@@H](C(=O)N3CCN(c4ccccc4C)CC3)CC2=O)cc1. The highest BCUT2D eigenvalue weighted by atomic mass is 16.2. The van der Waals surface area contributed by atoms with Gasteiger partial charge in [-0.05, 0) is 37.6 Å². The van der Waals surface area contributed by atoms with Gasteiger partial charge in [0.2, 0.25) is 11.8 Å². The smallest absolute Gasteiger partial charge is 0.228 e. The van der Waals surface area contributed by atoms with E-state index in [1.165, 1.54) is 11.3 Å². The van der Waals surface area contributed by atoms with Crippen LogP contribution in [0.4, 0.5) is 11.4 Å². The fourth-order valence-corrected chi connectivity index (χ4v) is 4.19. The summed E-state index contributed by atoms with van der Waals surface area (Å²) in [5, 5.41) is 0. The maximum atomic E-state index is 13.0. The van der Waals surface area contributed by atoms with E-state index in [1.54, 1.807) is 4.90 Å². The van der Waals surface area contributed by atoms with Crippen LogP contribution in [0.15, 0.2) is 48.5 Å². The van der Waals surface area contributed by atoms with E-state index in [-0.39, 0.29) is 17.7 Å². The number of anilines is 2. The molecule has 2 aliphatic rings. The zero-order chi connectivity index (χ0) is 19.7. The van der Waals surface area contributed by atoms with E-state index < -0.39 is 0 Å². The van der Waals surface area contributed by atoms with Crippen molar-refractivity contribution >= 4 is 23.2 Å². The van der Waals surface area contributed by atoms with Crippen LogP contribution >= 0.6 is 0 Å². The number of nitrogens with zero attached hydrogens (tertiary/aromatic N) is 3. The molecular weight excluding hydrogens is 350 g/mol. The van der Waals surface area contributed by atoms with Crippen molar-refractivity contribution in [2.24, 2.45) is 5.92 Å². The molecule has 0 unspecified atom stereocenters. The Bertz CT molecular complexity index is 870. The third-order valence-electron chi connectivity index (χ3n) is 5.87. The molecule has 0 spiro atoms. The number of aryl methyl sites for hydroxylation is 2. The average Bonchev–Trinajstić information content (AvgIpc) is 3.10. The zero-order valence-electron chi connectivity index (χ0n) is 16.6. The van der Waals surface area contributed by atoms with E-state index in [4.69, 9.17) is 0 Å². The average molecular weight is 377 g/mol. The van der Waals surface area contributed by atoms with Crippen molar-refractivity contribution in [1.82, 2.24) is 4.90 Å². The topological polar surface area (TPSA) is 43.9 Å². The number of carbonyl (C=O) groups is 2. The molecule has 5 nitrogen and oxygen atoms in total. The van der Waals surface area contributed by atoms with Gasteiger partial charge in [-0.15, -0.1) is 0 Å². The molecule has 2 fully saturated rings.